The maximum absolute atomic E-state index is 13.7. The van der Waals surface area contributed by atoms with Gasteiger partial charge in [-0.2, -0.15) is 4.98 Å². The first kappa shape index (κ1) is 24.3. The molecule has 0 radical (unpaired) electrons. The van der Waals surface area contributed by atoms with Crippen molar-refractivity contribution in [2.24, 2.45) is 0 Å². The van der Waals surface area contributed by atoms with E-state index in [0.29, 0.717) is 23.7 Å². The summed E-state index contributed by atoms with van der Waals surface area (Å²) in [6.07, 6.45) is 1.80. The Morgan fingerprint density at radius 3 is 2.39 bits per heavy atom. The maximum Gasteiger partial charge on any atom is 0.260 e. The molecule has 0 spiro atoms. The van der Waals surface area contributed by atoms with Crippen molar-refractivity contribution in [2.75, 3.05) is 43.4 Å². The molecule has 0 amide bonds. The monoisotopic (exact) mass is 522 g/mol. The van der Waals surface area contributed by atoms with Gasteiger partial charge in [-0.15, -0.1) is 11.3 Å². The van der Waals surface area contributed by atoms with E-state index >= 15 is 0 Å². The highest BCUT2D eigenvalue weighted by Gasteiger charge is 2.17. The Hall–Kier alpha value is -4.01. The molecule has 0 unspecified atom stereocenters. The summed E-state index contributed by atoms with van der Waals surface area (Å²) in [5.74, 6) is 0.471. The minimum Gasteiger partial charge on any atom is -0.369 e. The van der Waals surface area contributed by atoms with Crippen molar-refractivity contribution in [1.29, 1.82) is 0 Å². The molecule has 5 aromatic rings. The number of aryl methyl sites for hydroxylation is 1. The second-order valence-electron chi connectivity index (χ2n) is 9.57. The van der Waals surface area contributed by atoms with Gasteiger partial charge >= 0.3 is 0 Å². The van der Waals surface area contributed by atoms with Crippen LogP contribution in [0.4, 0.5) is 17.3 Å². The number of rotatable bonds is 6. The van der Waals surface area contributed by atoms with E-state index in [1.54, 1.807) is 22.1 Å². The van der Waals surface area contributed by atoms with Gasteiger partial charge in [0.1, 0.15) is 5.65 Å². The maximum atomic E-state index is 13.7. The molecule has 0 atom stereocenters. The number of aromatic nitrogens is 3. The van der Waals surface area contributed by atoms with E-state index in [9.17, 15) is 4.79 Å². The lowest BCUT2D eigenvalue weighted by Gasteiger charge is -2.34. The summed E-state index contributed by atoms with van der Waals surface area (Å²) in [5.41, 5.74) is 5.35. The second-order valence-corrected chi connectivity index (χ2v) is 10.5. The molecule has 0 saturated carbocycles. The smallest absolute Gasteiger partial charge is 0.260 e. The highest BCUT2D eigenvalue weighted by Crippen LogP contribution is 2.34. The number of thiophene rings is 1. The summed E-state index contributed by atoms with van der Waals surface area (Å²) in [6.45, 7) is 6.70. The Labute approximate surface area is 226 Å². The van der Waals surface area contributed by atoms with Gasteiger partial charge in [-0.25, -0.2) is 4.98 Å². The quantitative estimate of drug-likeness (QED) is 0.309. The van der Waals surface area contributed by atoms with Gasteiger partial charge in [0.25, 0.3) is 5.56 Å². The SMILES string of the molecule is CCn1c(=O)c(-c2ccccc2-c2cccs2)cc2cnc(Nc3ccc(N4CCN(C)CC4)cc3)nc21. The number of likely N-dealkylation sites (N-methyl/N-ethyl adjacent to an activating group) is 1. The number of benzene rings is 2. The van der Waals surface area contributed by atoms with Crippen molar-refractivity contribution in [2.45, 2.75) is 13.5 Å². The van der Waals surface area contributed by atoms with Crippen LogP contribution < -0.4 is 15.8 Å². The van der Waals surface area contributed by atoms with E-state index in [4.69, 9.17) is 4.98 Å². The van der Waals surface area contributed by atoms with Gasteiger partial charge in [0.2, 0.25) is 5.95 Å². The van der Waals surface area contributed by atoms with Crippen LogP contribution in [0.1, 0.15) is 6.92 Å². The van der Waals surface area contributed by atoms with Gasteiger partial charge in [-0.05, 0) is 66.9 Å². The van der Waals surface area contributed by atoms with Gasteiger partial charge in [0, 0.05) is 66.1 Å². The van der Waals surface area contributed by atoms with Crippen molar-refractivity contribution in [1.82, 2.24) is 19.4 Å². The van der Waals surface area contributed by atoms with Crippen LogP contribution in [0.15, 0.2) is 83.1 Å². The van der Waals surface area contributed by atoms with E-state index < -0.39 is 0 Å². The molecule has 0 aliphatic carbocycles. The van der Waals surface area contributed by atoms with Gasteiger partial charge < -0.3 is 15.1 Å². The molecule has 4 heterocycles. The van der Waals surface area contributed by atoms with E-state index in [0.717, 1.165) is 53.3 Å². The minimum atomic E-state index is -0.0508. The van der Waals surface area contributed by atoms with Crippen LogP contribution in [0, 0.1) is 0 Å². The molecule has 1 aliphatic heterocycles. The molecule has 3 aromatic heterocycles. The zero-order chi connectivity index (χ0) is 26.1. The van der Waals surface area contributed by atoms with Crippen LogP contribution in [-0.4, -0.2) is 52.7 Å². The van der Waals surface area contributed by atoms with Crippen LogP contribution in [0.2, 0.25) is 0 Å². The second kappa shape index (κ2) is 10.4. The third-order valence-electron chi connectivity index (χ3n) is 7.14. The summed E-state index contributed by atoms with van der Waals surface area (Å²) in [6, 6.07) is 22.5. The van der Waals surface area contributed by atoms with Crippen molar-refractivity contribution in [3.05, 3.63) is 88.7 Å². The normalized spacial score (nSPS) is 14.2. The number of pyridine rings is 1. The van der Waals surface area contributed by atoms with Crippen LogP contribution >= 0.6 is 11.3 Å². The zero-order valence-corrected chi connectivity index (χ0v) is 22.4. The first-order valence-electron chi connectivity index (χ1n) is 12.9. The number of piperazine rings is 1. The number of hydrogen-bond donors (Lipinski definition) is 1. The van der Waals surface area contributed by atoms with Gasteiger partial charge in [0.05, 0.1) is 0 Å². The Morgan fingerprint density at radius 2 is 1.68 bits per heavy atom. The molecule has 1 saturated heterocycles. The van der Waals surface area contributed by atoms with Crippen LogP contribution in [0.3, 0.4) is 0 Å². The van der Waals surface area contributed by atoms with Gasteiger partial charge in [0.15, 0.2) is 0 Å². The predicted molar refractivity (Wildman–Crippen MR) is 158 cm³/mol. The molecule has 2 aromatic carbocycles. The first-order valence-corrected chi connectivity index (χ1v) is 13.8. The lowest BCUT2D eigenvalue weighted by atomic mass is 9.99. The summed E-state index contributed by atoms with van der Waals surface area (Å²) in [5, 5.41) is 6.20. The topological polar surface area (TPSA) is 66.3 Å². The number of nitrogens with one attached hydrogen (secondary N) is 1. The van der Waals surface area contributed by atoms with Crippen molar-refractivity contribution in [3.63, 3.8) is 0 Å². The third kappa shape index (κ3) is 4.68. The summed E-state index contributed by atoms with van der Waals surface area (Å²) in [7, 11) is 2.16. The van der Waals surface area contributed by atoms with Gasteiger partial charge in [-0.1, -0.05) is 30.3 Å². The van der Waals surface area contributed by atoms with E-state index in [-0.39, 0.29) is 5.56 Å². The molecule has 0 bridgehead atoms. The predicted octanol–water partition coefficient (Wildman–Crippen LogP) is 5.70. The molecule has 8 heteroatoms. The highest BCUT2D eigenvalue weighted by molar-refractivity contribution is 7.13. The summed E-state index contributed by atoms with van der Waals surface area (Å²) < 4.78 is 1.74. The molecular formula is C30H30N6OS. The van der Waals surface area contributed by atoms with Gasteiger partial charge in [-0.3, -0.25) is 9.36 Å². The van der Waals surface area contributed by atoms with E-state index in [1.807, 2.05) is 37.3 Å². The number of hydrogen-bond acceptors (Lipinski definition) is 7. The molecule has 1 N–H and O–H groups in total. The Morgan fingerprint density at radius 1 is 0.921 bits per heavy atom. The fourth-order valence-corrected chi connectivity index (χ4v) is 5.79. The third-order valence-corrected chi connectivity index (χ3v) is 8.04. The van der Waals surface area contributed by atoms with Crippen LogP contribution in [0.5, 0.6) is 0 Å². The Kier molecular flexibility index (Phi) is 6.66. The molecule has 6 rings (SSSR count). The summed E-state index contributed by atoms with van der Waals surface area (Å²) >= 11 is 1.67. The lowest BCUT2D eigenvalue weighted by molar-refractivity contribution is 0.313. The number of fused-ring (bicyclic) bond motifs is 1. The van der Waals surface area contributed by atoms with E-state index in [1.165, 1.54) is 5.69 Å². The van der Waals surface area contributed by atoms with Crippen molar-refractivity contribution >= 4 is 39.7 Å². The molecule has 1 fully saturated rings. The highest BCUT2D eigenvalue weighted by atomic mass is 32.1. The summed E-state index contributed by atoms with van der Waals surface area (Å²) in [4.78, 5) is 28.9. The van der Waals surface area contributed by atoms with Crippen LogP contribution in [0.25, 0.3) is 32.6 Å². The lowest BCUT2D eigenvalue weighted by Crippen LogP contribution is -2.44. The fraction of sp³-hybridized carbons (Fsp3) is 0.233. The zero-order valence-electron chi connectivity index (χ0n) is 21.6. The average molecular weight is 523 g/mol. The Balaban J connectivity index is 1.32. The fourth-order valence-electron chi connectivity index (χ4n) is 5.02. The number of nitrogens with zero attached hydrogens (tertiary/aromatic N) is 5. The standard InChI is InChI=1S/C30H30N6OS/c1-3-36-28-21(19-26(29(36)37)24-7-4-5-8-25(24)27-9-6-18-38-27)20-31-30(33-28)32-22-10-12-23(13-11-22)35-16-14-34(2)15-17-35/h4-13,18-20H,3,14-17H2,1-2H3,(H,31,32,33). The Bertz CT molecular complexity index is 1620. The van der Waals surface area contributed by atoms with E-state index in [2.05, 4.69) is 68.9 Å². The van der Waals surface area contributed by atoms with Crippen molar-refractivity contribution < 1.29 is 0 Å². The van der Waals surface area contributed by atoms with Crippen LogP contribution in [-0.2, 0) is 6.54 Å². The number of anilines is 3. The molecule has 7 nitrogen and oxygen atoms in total. The minimum absolute atomic E-state index is 0.0508. The first-order chi connectivity index (χ1) is 18.6. The largest absolute Gasteiger partial charge is 0.369 e. The molecular weight excluding hydrogens is 492 g/mol. The average Bonchev–Trinajstić information content (AvgIpc) is 3.49. The molecule has 1 aliphatic rings. The van der Waals surface area contributed by atoms with Crippen molar-refractivity contribution in [3.8, 4) is 21.6 Å². The molecule has 192 valence electrons. The molecule has 38 heavy (non-hydrogen) atoms.